The number of esters is 1. The second kappa shape index (κ2) is 9.23. The molecule has 5 rings (SSSR count). The number of likely N-dealkylation sites (tertiary alicyclic amines) is 1. The van der Waals surface area contributed by atoms with Gasteiger partial charge in [0.1, 0.15) is 17.9 Å². The van der Waals surface area contributed by atoms with Gasteiger partial charge in [0.2, 0.25) is 0 Å². The number of anilines is 3. The standard InChI is InChI=1S/C24H25ClFN5O3/c1-27-19-9-18-15(23(29-14-28-18)30-17-5-2-4-16(25)22(17)26)8-20(19)33-7-3-6-31-11-24(12-31)10-21(32)34-13-24/h2,4-5,8-9,14,27H,3,6-7,10-13H2,1H3,(H,28,29,30). The van der Waals surface area contributed by atoms with Crippen LogP contribution in [0.25, 0.3) is 10.9 Å². The predicted octanol–water partition coefficient (Wildman–Crippen LogP) is 4.23. The Balaban J connectivity index is 1.26. The van der Waals surface area contributed by atoms with E-state index in [-0.39, 0.29) is 22.1 Å². The van der Waals surface area contributed by atoms with Crippen LogP contribution in [0.4, 0.5) is 21.6 Å². The summed E-state index contributed by atoms with van der Waals surface area (Å²) in [5.74, 6) is 0.488. The first-order valence-electron chi connectivity index (χ1n) is 11.1. The molecule has 178 valence electrons. The molecule has 0 atom stereocenters. The Kier molecular flexibility index (Phi) is 6.14. The molecule has 1 aromatic heterocycles. The highest BCUT2D eigenvalue weighted by atomic mass is 35.5. The van der Waals surface area contributed by atoms with Crippen molar-refractivity contribution in [3.8, 4) is 5.75 Å². The maximum atomic E-state index is 14.4. The molecule has 0 unspecified atom stereocenters. The molecule has 2 aliphatic heterocycles. The van der Waals surface area contributed by atoms with Crippen molar-refractivity contribution in [1.29, 1.82) is 0 Å². The number of cyclic esters (lactones) is 1. The van der Waals surface area contributed by atoms with E-state index in [1.165, 1.54) is 12.4 Å². The summed E-state index contributed by atoms with van der Waals surface area (Å²) in [6, 6.07) is 8.49. The SMILES string of the molecule is CNc1cc2ncnc(Nc3cccc(Cl)c3F)c2cc1OCCCN1CC2(COC(=O)C2)C1. The highest BCUT2D eigenvalue weighted by molar-refractivity contribution is 6.31. The Labute approximate surface area is 201 Å². The van der Waals surface area contributed by atoms with Gasteiger partial charge in [-0.1, -0.05) is 17.7 Å². The smallest absolute Gasteiger partial charge is 0.306 e. The lowest BCUT2D eigenvalue weighted by Gasteiger charge is -2.46. The summed E-state index contributed by atoms with van der Waals surface area (Å²) in [5, 5.41) is 6.89. The van der Waals surface area contributed by atoms with Crippen LogP contribution in [-0.2, 0) is 9.53 Å². The number of hydrogen-bond acceptors (Lipinski definition) is 8. The number of ether oxygens (including phenoxy) is 2. The molecule has 2 N–H and O–H groups in total. The van der Waals surface area contributed by atoms with Gasteiger partial charge in [-0.25, -0.2) is 14.4 Å². The van der Waals surface area contributed by atoms with Gasteiger partial charge in [-0.15, -0.1) is 0 Å². The van der Waals surface area contributed by atoms with Crippen LogP contribution < -0.4 is 15.4 Å². The molecular formula is C24H25ClFN5O3. The molecule has 2 fully saturated rings. The van der Waals surface area contributed by atoms with Gasteiger partial charge in [0.15, 0.2) is 5.82 Å². The Morgan fingerprint density at radius 3 is 2.88 bits per heavy atom. The molecule has 0 amide bonds. The van der Waals surface area contributed by atoms with E-state index in [0.29, 0.717) is 42.1 Å². The number of rotatable bonds is 8. The van der Waals surface area contributed by atoms with Crippen molar-refractivity contribution in [2.45, 2.75) is 12.8 Å². The monoisotopic (exact) mass is 485 g/mol. The predicted molar refractivity (Wildman–Crippen MR) is 128 cm³/mol. The molecule has 3 aromatic rings. The van der Waals surface area contributed by atoms with E-state index < -0.39 is 5.82 Å². The topological polar surface area (TPSA) is 88.6 Å². The normalized spacial score (nSPS) is 17.0. The molecule has 8 nitrogen and oxygen atoms in total. The molecular weight excluding hydrogens is 461 g/mol. The van der Waals surface area contributed by atoms with E-state index in [9.17, 15) is 9.18 Å². The number of carbonyl (C=O) groups excluding carboxylic acids is 1. The van der Waals surface area contributed by atoms with Gasteiger partial charge in [0, 0.05) is 37.5 Å². The summed E-state index contributed by atoms with van der Waals surface area (Å²) < 4.78 is 25.6. The van der Waals surface area contributed by atoms with Crippen LogP contribution >= 0.6 is 11.6 Å². The van der Waals surface area contributed by atoms with Gasteiger partial charge in [0.25, 0.3) is 0 Å². The van der Waals surface area contributed by atoms with E-state index in [2.05, 4.69) is 25.5 Å². The molecule has 34 heavy (non-hydrogen) atoms. The largest absolute Gasteiger partial charge is 0.491 e. The second-order valence-corrected chi connectivity index (χ2v) is 9.22. The molecule has 10 heteroatoms. The molecule has 2 saturated heterocycles. The first-order valence-corrected chi connectivity index (χ1v) is 11.5. The van der Waals surface area contributed by atoms with Gasteiger partial charge in [-0.3, -0.25) is 4.79 Å². The number of nitrogens with zero attached hydrogens (tertiary/aromatic N) is 3. The quantitative estimate of drug-likeness (QED) is 0.362. The highest BCUT2D eigenvalue weighted by Gasteiger charge is 2.49. The number of fused-ring (bicyclic) bond motifs is 1. The lowest BCUT2D eigenvalue weighted by atomic mass is 9.79. The Hall–Kier alpha value is -3.17. The summed E-state index contributed by atoms with van der Waals surface area (Å²) in [6.07, 6.45) is 2.80. The lowest BCUT2D eigenvalue weighted by Crippen LogP contribution is -2.56. The first kappa shape index (κ1) is 22.6. The van der Waals surface area contributed by atoms with Gasteiger partial charge >= 0.3 is 5.97 Å². The van der Waals surface area contributed by atoms with E-state index >= 15 is 0 Å². The average molecular weight is 486 g/mol. The number of carbonyl (C=O) groups is 1. The van der Waals surface area contributed by atoms with E-state index in [1.54, 1.807) is 12.1 Å². The van der Waals surface area contributed by atoms with Crippen molar-refractivity contribution in [2.75, 3.05) is 50.5 Å². The van der Waals surface area contributed by atoms with Gasteiger partial charge in [-0.05, 0) is 30.7 Å². The summed E-state index contributed by atoms with van der Waals surface area (Å²) in [4.78, 5) is 22.3. The third kappa shape index (κ3) is 4.45. The number of nitrogens with one attached hydrogen (secondary N) is 2. The Morgan fingerprint density at radius 2 is 2.12 bits per heavy atom. The molecule has 2 aromatic carbocycles. The minimum Gasteiger partial charge on any atom is -0.491 e. The van der Waals surface area contributed by atoms with Crippen LogP contribution in [0.5, 0.6) is 5.75 Å². The number of halogens is 2. The van der Waals surface area contributed by atoms with Crippen LogP contribution in [0, 0.1) is 11.2 Å². The average Bonchev–Trinajstić information content (AvgIpc) is 3.20. The van der Waals surface area contributed by atoms with E-state index in [1.807, 2.05) is 19.2 Å². The second-order valence-electron chi connectivity index (χ2n) is 8.81. The Morgan fingerprint density at radius 1 is 1.26 bits per heavy atom. The zero-order chi connectivity index (χ0) is 23.7. The van der Waals surface area contributed by atoms with Crippen molar-refractivity contribution < 1.29 is 18.7 Å². The van der Waals surface area contributed by atoms with Crippen molar-refractivity contribution in [3.05, 3.63) is 47.5 Å². The highest BCUT2D eigenvalue weighted by Crippen LogP contribution is 2.39. The van der Waals surface area contributed by atoms with Crippen LogP contribution in [0.2, 0.25) is 5.02 Å². The van der Waals surface area contributed by atoms with Crippen LogP contribution in [0.15, 0.2) is 36.7 Å². The Bertz CT molecular complexity index is 1230. The fourth-order valence-electron chi connectivity index (χ4n) is 4.60. The van der Waals surface area contributed by atoms with Crippen molar-refractivity contribution in [1.82, 2.24) is 14.9 Å². The third-order valence-electron chi connectivity index (χ3n) is 6.26. The maximum Gasteiger partial charge on any atom is 0.306 e. The maximum absolute atomic E-state index is 14.4. The molecule has 0 radical (unpaired) electrons. The third-order valence-corrected chi connectivity index (χ3v) is 6.56. The number of benzene rings is 2. The van der Waals surface area contributed by atoms with Crippen molar-refractivity contribution >= 4 is 45.7 Å². The lowest BCUT2D eigenvalue weighted by molar-refractivity contribution is -0.137. The minimum absolute atomic E-state index is 0.0292. The zero-order valence-corrected chi connectivity index (χ0v) is 19.5. The zero-order valence-electron chi connectivity index (χ0n) is 18.7. The molecule has 3 heterocycles. The minimum atomic E-state index is -0.541. The van der Waals surface area contributed by atoms with Crippen LogP contribution in [0.3, 0.4) is 0 Å². The summed E-state index contributed by atoms with van der Waals surface area (Å²) in [5.41, 5.74) is 1.75. The van der Waals surface area contributed by atoms with E-state index in [0.717, 1.165) is 31.7 Å². The van der Waals surface area contributed by atoms with Gasteiger partial charge in [-0.2, -0.15) is 0 Å². The fraction of sp³-hybridized carbons (Fsp3) is 0.375. The summed E-state index contributed by atoms with van der Waals surface area (Å²) in [7, 11) is 1.82. The van der Waals surface area contributed by atoms with E-state index in [4.69, 9.17) is 21.1 Å². The van der Waals surface area contributed by atoms with Crippen molar-refractivity contribution in [2.24, 2.45) is 5.41 Å². The van der Waals surface area contributed by atoms with Crippen LogP contribution in [-0.4, -0.2) is 60.7 Å². The summed E-state index contributed by atoms with van der Waals surface area (Å²) >= 11 is 5.91. The molecule has 2 aliphatic rings. The van der Waals surface area contributed by atoms with Crippen LogP contribution in [0.1, 0.15) is 12.8 Å². The fourth-order valence-corrected chi connectivity index (χ4v) is 4.78. The molecule has 0 aliphatic carbocycles. The first-order chi connectivity index (χ1) is 16.5. The van der Waals surface area contributed by atoms with Gasteiger partial charge < -0.3 is 25.0 Å². The molecule has 1 spiro atoms. The molecule has 0 saturated carbocycles. The number of hydrogen-bond donors (Lipinski definition) is 2. The van der Waals surface area contributed by atoms with Crippen molar-refractivity contribution in [3.63, 3.8) is 0 Å². The molecule has 0 bridgehead atoms. The summed E-state index contributed by atoms with van der Waals surface area (Å²) in [6.45, 7) is 3.74. The van der Waals surface area contributed by atoms with Gasteiger partial charge in [0.05, 0.1) is 41.5 Å². The number of aromatic nitrogens is 2.